The van der Waals surface area contributed by atoms with Crippen molar-refractivity contribution in [1.82, 2.24) is 20.2 Å². The number of piperidine rings is 2. The molecule has 4 saturated heterocycles. The molecule has 262 valence electrons. The SMILES string of the molecule is CCN1CC2CC1CN(c1cncc(-c3cc(F)ccc3Cl)c1)C2.CCc1ccc(Oc2cncc(N3CC4CNC(C4)C3)c2)c2c1CCO2. The summed E-state index contributed by atoms with van der Waals surface area (Å²) in [5, 5.41) is 4.15. The molecule has 4 fully saturated rings. The monoisotopic (exact) mass is 696 g/mol. The van der Waals surface area contributed by atoms with Crippen LogP contribution in [0.2, 0.25) is 5.02 Å². The van der Waals surface area contributed by atoms with E-state index in [1.54, 1.807) is 18.5 Å². The van der Waals surface area contributed by atoms with Crippen LogP contribution in [-0.2, 0) is 12.8 Å². The van der Waals surface area contributed by atoms with Crippen molar-refractivity contribution in [3.05, 3.63) is 89.2 Å². The van der Waals surface area contributed by atoms with Gasteiger partial charge in [0.2, 0.25) is 0 Å². The molecule has 0 aliphatic carbocycles. The summed E-state index contributed by atoms with van der Waals surface area (Å²) in [5.74, 6) is 3.68. The normalized spacial score (nSPS) is 23.7. The zero-order valence-electron chi connectivity index (χ0n) is 29.0. The maximum atomic E-state index is 13.6. The van der Waals surface area contributed by atoms with Gasteiger partial charge in [-0.05, 0) is 73.5 Å². The lowest BCUT2D eigenvalue weighted by Gasteiger charge is -2.34. The summed E-state index contributed by atoms with van der Waals surface area (Å²) in [6, 6.07) is 14.1. The van der Waals surface area contributed by atoms with Crippen molar-refractivity contribution >= 4 is 23.0 Å². The fourth-order valence-electron chi connectivity index (χ4n) is 8.67. The van der Waals surface area contributed by atoms with Crippen molar-refractivity contribution in [2.75, 3.05) is 62.2 Å². The number of aryl methyl sites for hydroxylation is 1. The lowest BCUT2D eigenvalue weighted by molar-refractivity contribution is 0.274. The van der Waals surface area contributed by atoms with E-state index in [0.29, 0.717) is 22.7 Å². The van der Waals surface area contributed by atoms with E-state index in [1.165, 1.54) is 42.6 Å². The van der Waals surface area contributed by atoms with E-state index in [4.69, 9.17) is 21.1 Å². The number of ether oxygens (including phenoxy) is 2. The third kappa shape index (κ3) is 6.88. The number of nitrogens with zero attached hydrogens (tertiary/aromatic N) is 5. The standard InChI is InChI=1S/C21H25N3O2.C19H21ClFN3/c1-2-15-3-4-20(21-19(15)5-6-25-21)26-18-8-17(10-22-11-18)24-12-14-7-16(13-24)23-9-14;1-2-23-10-13-5-17(23)12-24(11-13)16-6-14(8-22-9-16)18-7-15(21)3-4-19(18)20/h3-4,8,10-11,14,16,23H,2,5-7,9,12-13H2,1H3;3-4,6-9,13,17H,2,5,10-12H2,1H3. The number of anilines is 2. The zero-order valence-corrected chi connectivity index (χ0v) is 29.7. The van der Waals surface area contributed by atoms with Gasteiger partial charge in [0.25, 0.3) is 0 Å². The van der Waals surface area contributed by atoms with Crippen LogP contribution in [0.15, 0.2) is 67.3 Å². The van der Waals surface area contributed by atoms with Gasteiger partial charge in [-0.25, -0.2) is 4.39 Å². The number of pyridine rings is 2. The maximum absolute atomic E-state index is 13.6. The molecule has 10 heteroatoms. The Hall–Kier alpha value is -3.92. The maximum Gasteiger partial charge on any atom is 0.169 e. The van der Waals surface area contributed by atoms with Crippen molar-refractivity contribution < 1.29 is 13.9 Å². The number of hydrogen-bond acceptors (Lipinski definition) is 8. The molecular formula is C40H46ClFN6O2. The van der Waals surface area contributed by atoms with Crippen LogP contribution in [-0.4, -0.2) is 79.4 Å². The number of likely N-dealkylation sites (tertiary alicyclic amines) is 1. The second-order valence-electron chi connectivity index (χ2n) is 14.4. The Morgan fingerprint density at radius 1 is 0.900 bits per heavy atom. The van der Waals surface area contributed by atoms with Gasteiger partial charge in [0.05, 0.1) is 36.6 Å². The fourth-order valence-corrected chi connectivity index (χ4v) is 8.90. The van der Waals surface area contributed by atoms with Gasteiger partial charge in [-0.15, -0.1) is 0 Å². The Bertz CT molecular complexity index is 1830. The number of fused-ring (bicyclic) bond motifs is 5. The molecule has 8 nitrogen and oxygen atoms in total. The Balaban J connectivity index is 0.000000145. The number of halogens is 2. The first-order valence-electron chi connectivity index (χ1n) is 18.2. The van der Waals surface area contributed by atoms with E-state index in [9.17, 15) is 4.39 Å². The molecule has 0 radical (unpaired) electrons. The van der Waals surface area contributed by atoms with Crippen molar-refractivity contribution in [1.29, 1.82) is 0 Å². The predicted molar refractivity (Wildman–Crippen MR) is 197 cm³/mol. The third-order valence-electron chi connectivity index (χ3n) is 11.1. The van der Waals surface area contributed by atoms with Gasteiger partial charge < -0.3 is 24.6 Å². The summed E-state index contributed by atoms with van der Waals surface area (Å²) in [5.41, 5.74) is 6.45. The highest BCUT2D eigenvalue weighted by molar-refractivity contribution is 6.33. The van der Waals surface area contributed by atoms with Crippen LogP contribution in [0.3, 0.4) is 0 Å². The molecule has 5 aliphatic heterocycles. The van der Waals surface area contributed by atoms with Crippen LogP contribution in [0.1, 0.15) is 37.8 Å². The molecule has 7 heterocycles. The molecule has 9 rings (SSSR count). The number of rotatable bonds is 7. The van der Waals surface area contributed by atoms with Crippen LogP contribution in [0.5, 0.6) is 17.2 Å². The van der Waals surface area contributed by atoms with E-state index in [2.05, 4.69) is 62.0 Å². The summed E-state index contributed by atoms with van der Waals surface area (Å²) in [6.45, 7) is 12.8. The molecule has 2 aromatic carbocycles. The van der Waals surface area contributed by atoms with Gasteiger partial charge in [0, 0.05) is 91.7 Å². The predicted octanol–water partition coefficient (Wildman–Crippen LogP) is 7.24. The highest BCUT2D eigenvalue weighted by Gasteiger charge is 2.38. The molecule has 5 aliphatic rings. The molecule has 0 spiro atoms. The Morgan fingerprint density at radius 3 is 2.56 bits per heavy atom. The minimum Gasteiger partial charge on any atom is -0.489 e. The second kappa shape index (κ2) is 14.4. The molecule has 0 amide bonds. The number of benzene rings is 2. The van der Waals surface area contributed by atoms with Gasteiger partial charge in [0.15, 0.2) is 11.5 Å². The quantitative estimate of drug-likeness (QED) is 0.217. The highest BCUT2D eigenvalue weighted by atomic mass is 35.5. The van der Waals surface area contributed by atoms with E-state index in [0.717, 1.165) is 105 Å². The zero-order chi connectivity index (χ0) is 34.2. The van der Waals surface area contributed by atoms with Gasteiger partial charge in [-0.1, -0.05) is 31.5 Å². The first-order chi connectivity index (χ1) is 24.4. The summed E-state index contributed by atoms with van der Waals surface area (Å²) >= 11 is 6.25. The van der Waals surface area contributed by atoms with Crippen molar-refractivity contribution in [2.24, 2.45) is 11.8 Å². The van der Waals surface area contributed by atoms with E-state index < -0.39 is 0 Å². The molecule has 4 bridgehead atoms. The van der Waals surface area contributed by atoms with Gasteiger partial charge >= 0.3 is 0 Å². The third-order valence-corrected chi connectivity index (χ3v) is 11.4. The Labute approximate surface area is 299 Å². The summed E-state index contributed by atoms with van der Waals surface area (Å²) in [4.78, 5) is 16.2. The fraction of sp³-hybridized carbons (Fsp3) is 0.450. The smallest absolute Gasteiger partial charge is 0.169 e. The Kier molecular flexibility index (Phi) is 9.55. The molecule has 50 heavy (non-hydrogen) atoms. The number of hydrogen-bond donors (Lipinski definition) is 1. The van der Waals surface area contributed by atoms with Crippen LogP contribution in [0.25, 0.3) is 11.1 Å². The molecule has 1 N–H and O–H groups in total. The van der Waals surface area contributed by atoms with E-state index >= 15 is 0 Å². The first-order valence-corrected chi connectivity index (χ1v) is 18.6. The van der Waals surface area contributed by atoms with Crippen molar-refractivity contribution in [3.63, 3.8) is 0 Å². The first kappa shape index (κ1) is 33.2. The second-order valence-corrected chi connectivity index (χ2v) is 14.8. The molecule has 0 saturated carbocycles. The van der Waals surface area contributed by atoms with Gasteiger partial charge in [-0.3, -0.25) is 14.9 Å². The summed E-state index contributed by atoms with van der Waals surface area (Å²) < 4.78 is 25.6. The summed E-state index contributed by atoms with van der Waals surface area (Å²) in [6.07, 6.45) is 12.0. The van der Waals surface area contributed by atoms with Crippen LogP contribution in [0.4, 0.5) is 15.8 Å². The number of likely N-dealkylation sites (N-methyl/N-ethyl adjacent to an activating group) is 1. The van der Waals surface area contributed by atoms with E-state index in [-0.39, 0.29) is 5.82 Å². The summed E-state index contributed by atoms with van der Waals surface area (Å²) in [7, 11) is 0. The van der Waals surface area contributed by atoms with Gasteiger partial charge in [0.1, 0.15) is 11.6 Å². The van der Waals surface area contributed by atoms with Crippen molar-refractivity contribution in [2.45, 2.75) is 51.6 Å². The lowest BCUT2D eigenvalue weighted by Crippen LogP contribution is -2.42. The number of aromatic nitrogens is 2. The van der Waals surface area contributed by atoms with Crippen molar-refractivity contribution in [3.8, 4) is 28.4 Å². The average molecular weight is 697 g/mol. The van der Waals surface area contributed by atoms with Crippen LogP contribution >= 0.6 is 11.6 Å². The van der Waals surface area contributed by atoms with Gasteiger partial charge in [-0.2, -0.15) is 0 Å². The van der Waals surface area contributed by atoms with Crippen LogP contribution < -0.4 is 24.6 Å². The molecular weight excluding hydrogens is 651 g/mol. The number of nitrogens with one attached hydrogen (secondary N) is 1. The topological polar surface area (TPSA) is 66.0 Å². The van der Waals surface area contributed by atoms with E-state index in [1.807, 2.05) is 18.5 Å². The molecule has 4 aromatic rings. The molecule has 2 aromatic heterocycles. The minimum absolute atomic E-state index is 0.283. The minimum atomic E-state index is -0.283. The Morgan fingerprint density at radius 2 is 1.72 bits per heavy atom. The highest BCUT2D eigenvalue weighted by Crippen LogP contribution is 2.41. The molecule has 4 atom stereocenters. The molecule has 4 unspecified atom stereocenters. The largest absolute Gasteiger partial charge is 0.489 e. The lowest BCUT2D eigenvalue weighted by atomic mass is 9.99. The van der Waals surface area contributed by atoms with Crippen LogP contribution in [0, 0.1) is 17.7 Å². The average Bonchev–Trinajstić information content (AvgIpc) is 3.85.